The van der Waals surface area contributed by atoms with Crippen molar-refractivity contribution in [3.63, 3.8) is 0 Å². The largest absolute Gasteiger partial charge is 0.480 e. The molecule has 2 N–H and O–H groups in total. The average Bonchev–Trinajstić information content (AvgIpc) is 1.61. The number of carboxylic acid groups (broad SMARTS) is 1. The van der Waals surface area contributed by atoms with Gasteiger partial charge < -0.3 is 5.11 Å². The summed E-state index contributed by atoms with van der Waals surface area (Å²) in [5.74, 6) is -1.07. The fourth-order valence-corrected chi connectivity index (χ4v) is 0.0958. The van der Waals surface area contributed by atoms with E-state index in [0.29, 0.717) is 0 Å². The summed E-state index contributed by atoms with van der Waals surface area (Å²) in [6, 6.07) is 0. The molecule has 0 aliphatic heterocycles. The van der Waals surface area contributed by atoms with E-state index in [0.717, 1.165) is 0 Å². The molecule has 0 aliphatic carbocycles. The van der Waals surface area contributed by atoms with Crippen molar-refractivity contribution in [1.82, 2.24) is 4.91 Å². The van der Waals surface area contributed by atoms with E-state index in [2.05, 4.69) is 10.0 Å². The maximum absolute atomic E-state index is 9.52. The first kappa shape index (κ1) is 5.78. The molecule has 5 heteroatoms. The van der Waals surface area contributed by atoms with E-state index in [1.54, 1.807) is 0 Å². The van der Waals surface area contributed by atoms with Gasteiger partial charge in [-0.1, -0.05) is 0 Å². The summed E-state index contributed by atoms with van der Waals surface area (Å²) in [5, 5.41) is 10.7. The molecule has 0 aromatic rings. The average molecular weight is 102 g/mol. The highest BCUT2D eigenvalue weighted by Gasteiger charge is 1.94. The molecule has 0 aromatic heterocycles. The first-order valence-electron chi connectivity index (χ1n) is 1.52. The number of hydrogen-bond donors (Lipinski definition) is 2. The van der Waals surface area contributed by atoms with Gasteiger partial charge in [-0.25, -0.2) is 4.79 Å². The maximum Gasteiger partial charge on any atom is 0.332 e. The Kier molecular flexibility index (Phi) is 2.47. The molecule has 0 aromatic carbocycles. The molecular weight excluding hydrogens is 98.0 g/mol. The SMILES string of the molecule is N=[N+]=NCC(=O)O. The molecule has 0 rings (SSSR count). The molecule has 0 spiro atoms. The Balaban J connectivity index is 3.32. The second kappa shape index (κ2) is 2.99. The van der Waals surface area contributed by atoms with Crippen molar-refractivity contribution < 1.29 is 9.90 Å². The Bertz CT molecular complexity index is 114. The lowest BCUT2D eigenvalue weighted by Gasteiger charge is -1.67. The predicted octanol–water partition coefficient (Wildman–Crippen LogP) is -0.379. The van der Waals surface area contributed by atoms with Crippen LogP contribution in [0.4, 0.5) is 0 Å². The molecule has 0 radical (unpaired) electrons. The molecule has 7 heavy (non-hydrogen) atoms. The zero-order valence-electron chi connectivity index (χ0n) is 3.46. The summed E-state index contributed by atoms with van der Waals surface area (Å²) < 4.78 is 0. The number of aliphatic carboxylic acids is 1. The van der Waals surface area contributed by atoms with Crippen molar-refractivity contribution in [1.29, 1.82) is 5.53 Å². The molecule has 0 heterocycles. The third-order valence-corrected chi connectivity index (χ3v) is 0.277. The van der Waals surface area contributed by atoms with Crippen molar-refractivity contribution in [3.05, 3.63) is 0 Å². The molecule has 0 bridgehead atoms. The van der Waals surface area contributed by atoms with Crippen LogP contribution in [0.5, 0.6) is 0 Å². The van der Waals surface area contributed by atoms with Crippen LogP contribution in [-0.4, -0.2) is 17.6 Å². The van der Waals surface area contributed by atoms with Crippen LogP contribution >= 0.6 is 0 Å². The fraction of sp³-hybridized carbons (Fsp3) is 0.500. The molecule has 0 saturated heterocycles. The Morgan fingerprint density at radius 1 is 2.00 bits per heavy atom. The monoisotopic (exact) mass is 102 g/mol. The summed E-state index contributed by atoms with van der Waals surface area (Å²) in [6.07, 6.45) is 0. The fourth-order valence-electron chi connectivity index (χ4n) is 0.0958. The Labute approximate surface area is 39.2 Å². The zero-order valence-corrected chi connectivity index (χ0v) is 3.46. The van der Waals surface area contributed by atoms with Crippen LogP contribution in [-0.2, 0) is 4.79 Å². The van der Waals surface area contributed by atoms with E-state index in [1.807, 2.05) is 0 Å². The number of nitrogens with zero attached hydrogens (tertiary/aromatic N) is 2. The van der Waals surface area contributed by atoms with Crippen molar-refractivity contribution in [3.8, 4) is 0 Å². The third kappa shape index (κ3) is 4.78. The van der Waals surface area contributed by atoms with Gasteiger partial charge in [0.15, 0.2) is 0 Å². The molecule has 0 unspecified atom stereocenters. The van der Waals surface area contributed by atoms with Crippen LogP contribution in [0.2, 0.25) is 0 Å². The summed E-state index contributed by atoms with van der Waals surface area (Å²) in [6.45, 7) is -0.413. The van der Waals surface area contributed by atoms with Gasteiger partial charge in [0.2, 0.25) is 11.5 Å². The first-order valence-corrected chi connectivity index (χ1v) is 1.52. The molecule has 0 saturated carbocycles. The van der Waals surface area contributed by atoms with E-state index in [-0.39, 0.29) is 0 Å². The number of carbonyl (C=O) groups is 1. The van der Waals surface area contributed by atoms with Crippen LogP contribution in [0, 0.1) is 5.53 Å². The van der Waals surface area contributed by atoms with Gasteiger partial charge in [0.1, 0.15) is 10.6 Å². The number of hydrogen-bond acceptors (Lipinski definition) is 3. The van der Waals surface area contributed by atoms with Crippen LogP contribution in [0.1, 0.15) is 0 Å². The van der Waals surface area contributed by atoms with Crippen LogP contribution in [0.15, 0.2) is 5.11 Å². The lowest BCUT2D eigenvalue weighted by molar-refractivity contribution is -0.135. The lowest BCUT2D eigenvalue weighted by Crippen LogP contribution is -1.97. The first-order chi connectivity index (χ1) is 3.27. The van der Waals surface area contributed by atoms with Gasteiger partial charge in [-0.2, -0.15) is 0 Å². The number of carboxylic acids is 1. The lowest BCUT2D eigenvalue weighted by atomic mass is 10.7. The molecule has 0 fully saturated rings. The summed E-state index contributed by atoms with van der Waals surface area (Å²) in [5.41, 5.74) is 5.99. The molecule has 38 valence electrons. The van der Waals surface area contributed by atoms with E-state index >= 15 is 0 Å². The highest BCUT2D eigenvalue weighted by Crippen LogP contribution is 1.61. The van der Waals surface area contributed by atoms with E-state index in [9.17, 15) is 4.79 Å². The molecule has 0 atom stereocenters. The van der Waals surface area contributed by atoms with E-state index in [1.165, 1.54) is 0 Å². The summed E-state index contributed by atoms with van der Waals surface area (Å²) in [4.78, 5) is 12.0. The summed E-state index contributed by atoms with van der Waals surface area (Å²) >= 11 is 0. The number of rotatable bonds is 2. The minimum absolute atomic E-state index is 0.413. The maximum atomic E-state index is 9.52. The van der Waals surface area contributed by atoms with Crippen molar-refractivity contribution in [2.75, 3.05) is 6.54 Å². The van der Waals surface area contributed by atoms with Gasteiger partial charge in [-0.3, -0.25) is 0 Å². The van der Waals surface area contributed by atoms with Gasteiger partial charge in [0, 0.05) is 0 Å². The second-order valence-electron chi connectivity index (χ2n) is 0.793. The molecular formula is C2H4N3O2+. The van der Waals surface area contributed by atoms with Crippen LogP contribution < -0.4 is 4.91 Å². The summed E-state index contributed by atoms with van der Waals surface area (Å²) in [7, 11) is 0. The highest BCUT2D eigenvalue weighted by atomic mass is 16.4. The third-order valence-electron chi connectivity index (χ3n) is 0.277. The van der Waals surface area contributed by atoms with Gasteiger partial charge in [-0.15, -0.1) is 0 Å². The number of nitrogens with one attached hydrogen (secondary N) is 1. The van der Waals surface area contributed by atoms with Gasteiger partial charge in [-0.05, 0) is 0 Å². The zero-order chi connectivity index (χ0) is 5.70. The van der Waals surface area contributed by atoms with Crippen LogP contribution in [0.3, 0.4) is 0 Å². The standard InChI is InChI=1S/C2H3N3O2/c3-5-4-1-2(6)7/h3H,1H2/p+1. The normalized spacial score (nSPS) is 6.86. The smallest absolute Gasteiger partial charge is 0.332 e. The Morgan fingerprint density at radius 3 is 2.71 bits per heavy atom. The molecule has 0 aliphatic rings. The van der Waals surface area contributed by atoms with E-state index < -0.39 is 12.5 Å². The Morgan fingerprint density at radius 2 is 2.57 bits per heavy atom. The highest BCUT2D eigenvalue weighted by molar-refractivity contribution is 5.68. The molecule has 5 nitrogen and oxygen atoms in total. The van der Waals surface area contributed by atoms with Gasteiger partial charge in [0.25, 0.3) is 0 Å². The second-order valence-corrected chi connectivity index (χ2v) is 0.793. The molecule has 0 amide bonds. The van der Waals surface area contributed by atoms with Gasteiger partial charge >= 0.3 is 5.97 Å². The van der Waals surface area contributed by atoms with Crippen molar-refractivity contribution in [2.24, 2.45) is 5.11 Å². The minimum Gasteiger partial charge on any atom is -0.480 e. The predicted molar refractivity (Wildman–Crippen MR) is 19.8 cm³/mol. The van der Waals surface area contributed by atoms with E-state index in [4.69, 9.17) is 10.6 Å². The topological polar surface area (TPSA) is 87.6 Å². The minimum atomic E-state index is -1.07. The van der Waals surface area contributed by atoms with Gasteiger partial charge in [0.05, 0.1) is 0 Å². The quantitative estimate of drug-likeness (QED) is 0.367. The van der Waals surface area contributed by atoms with Crippen molar-refractivity contribution in [2.45, 2.75) is 0 Å². The van der Waals surface area contributed by atoms with Crippen LogP contribution in [0.25, 0.3) is 0 Å². The van der Waals surface area contributed by atoms with Crippen molar-refractivity contribution >= 4 is 5.97 Å². The Hall–Kier alpha value is -1.22.